The van der Waals surface area contributed by atoms with Crippen LogP contribution in [0, 0.1) is 11.8 Å². The summed E-state index contributed by atoms with van der Waals surface area (Å²) in [6.45, 7) is 9.86. The van der Waals surface area contributed by atoms with Crippen molar-refractivity contribution in [3.05, 3.63) is 42.0 Å². The van der Waals surface area contributed by atoms with E-state index in [4.69, 9.17) is 5.73 Å². The molecule has 0 aliphatic carbocycles. The molecule has 0 radical (unpaired) electrons. The molecule has 184 valence electrons. The third-order valence-corrected chi connectivity index (χ3v) is 5.18. The fraction of sp³-hybridized carbons (Fsp3) is 0.560. The minimum Gasteiger partial charge on any atom is -0.320 e. The van der Waals surface area contributed by atoms with Gasteiger partial charge >= 0.3 is 0 Å². The van der Waals surface area contributed by atoms with Crippen LogP contribution in [0.25, 0.3) is 6.08 Å². The van der Waals surface area contributed by atoms with Crippen molar-refractivity contribution in [1.82, 2.24) is 15.5 Å². The number of benzene rings is 1. The summed E-state index contributed by atoms with van der Waals surface area (Å²) in [5, 5.41) is 12.0. The van der Waals surface area contributed by atoms with Crippen LogP contribution in [-0.2, 0) is 14.4 Å². The zero-order valence-electron chi connectivity index (χ0n) is 20.5. The highest BCUT2D eigenvalue weighted by Crippen LogP contribution is 2.19. The Balaban J connectivity index is 3.40. The van der Waals surface area contributed by atoms with Crippen LogP contribution in [0.15, 0.2) is 36.4 Å². The van der Waals surface area contributed by atoms with Crippen LogP contribution in [0.4, 0.5) is 0 Å². The van der Waals surface area contributed by atoms with Crippen LogP contribution in [0.1, 0.15) is 65.9 Å². The molecule has 33 heavy (non-hydrogen) atoms. The van der Waals surface area contributed by atoms with E-state index in [0.29, 0.717) is 12.8 Å². The number of hydroxylamine groups is 1. The van der Waals surface area contributed by atoms with Gasteiger partial charge in [-0.05, 0) is 36.7 Å². The first kappa shape index (κ1) is 28.3. The Hall–Kier alpha value is -2.71. The van der Waals surface area contributed by atoms with Crippen LogP contribution < -0.4 is 11.2 Å². The van der Waals surface area contributed by atoms with E-state index in [1.54, 1.807) is 18.5 Å². The van der Waals surface area contributed by atoms with Gasteiger partial charge in [0.2, 0.25) is 5.91 Å². The van der Waals surface area contributed by atoms with Gasteiger partial charge in [0, 0.05) is 13.0 Å². The smallest absolute Gasteiger partial charge is 0.268 e. The maximum atomic E-state index is 13.4. The van der Waals surface area contributed by atoms with E-state index >= 15 is 0 Å². The number of hydrogen-bond acceptors (Lipinski definition) is 5. The molecule has 0 aliphatic heterocycles. The molecule has 1 aromatic carbocycles. The zero-order chi connectivity index (χ0) is 25.0. The van der Waals surface area contributed by atoms with E-state index in [0.717, 1.165) is 5.56 Å². The van der Waals surface area contributed by atoms with Crippen molar-refractivity contribution in [1.29, 1.82) is 0 Å². The normalized spacial score (nSPS) is 13.2. The number of carbonyl (C=O) groups is 3. The van der Waals surface area contributed by atoms with Crippen LogP contribution in [0.5, 0.6) is 0 Å². The van der Waals surface area contributed by atoms with Crippen LogP contribution in [0.2, 0.25) is 0 Å². The molecule has 4 N–H and O–H groups in total. The Morgan fingerprint density at radius 1 is 1.09 bits per heavy atom. The molecule has 0 fully saturated rings. The molecule has 2 atom stereocenters. The maximum absolute atomic E-state index is 13.4. The first-order valence-corrected chi connectivity index (χ1v) is 11.7. The summed E-state index contributed by atoms with van der Waals surface area (Å²) in [7, 11) is 0. The molecule has 1 aromatic rings. The van der Waals surface area contributed by atoms with E-state index in [9.17, 15) is 19.6 Å². The number of rotatable bonds is 12. The summed E-state index contributed by atoms with van der Waals surface area (Å²) in [5.41, 5.74) is 8.65. The van der Waals surface area contributed by atoms with Crippen molar-refractivity contribution in [2.24, 2.45) is 17.6 Å². The molecule has 0 spiro atoms. The molecule has 0 aromatic heterocycles. The van der Waals surface area contributed by atoms with Crippen LogP contribution in [0.3, 0.4) is 0 Å². The van der Waals surface area contributed by atoms with Crippen LogP contribution in [-0.4, -0.2) is 51.6 Å². The number of nitrogens with zero attached hydrogens (tertiary/aromatic N) is 2. The minimum absolute atomic E-state index is 0.0242. The number of carbonyl (C=O) groups excluding carboxylic acids is 3. The quantitative estimate of drug-likeness (QED) is 0.327. The van der Waals surface area contributed by atoms with Crippen molar-refractivity contribution in [3.63, 3.8) is 0 Å². The number of hydrogen-bond donors (Lipinski definition) is 3. The average Bonchev–Trinajstić information content (AvgIpc) is 2.79. The van der Waals surface area contributed by atoms with Crippen molar-refractivity contribution in [2.75, 3.05) is 6.54 Å². The van der Waals surface area contributed by atoms with Gasteiger partial charge in [0.15, 0.2) is 0 Å². The lowest BCUT2D eigenvalue weighted by atomic mass is 10.1. The van der Waals surface area contributed by atoms with Gasteiger partial charge in [-0.1, -0.05) is 77.1 Å². The second kappa shape index (κ2) is 14.4. The SMILES string of the molecule is CC[C@@H](N)C(=O)N(CC(C)C)N(C(=O)CCC(C)C)[C@@H](CC=Cc1ccccc1)C(=O)NO. The number of amides is 3. The topological polar surface area (TPSA) is 116 Å². The predicted molar refractivity (Wildman–Crippen MR) is 130 cm³/mol. The van der Waals surface area contributed by atoms with Gasteiger partial charge in [-0.15, -0.1) is 0 Å². The molecule has 0 saturated carbocycles. The summed E-state index contributed by atoms with van der Waals surface area (Å²) in [5.74, 6) is -1.26. The lowest BCUT2D eigenvalue weighted by molar-refractivity contribution is -0.176. The highest BCUT2D eigenvalue weighted by molar-refractivity contribution is 5.90. The first-order valence-electron chi connectivity index (χ1n) is 11.7. The van der Waals surface area contributed by atoms with Gasteiger partial charge in [0.25, 0.3) is 11.8 Å². The lowest BCUT2D eigenvalue weighted by Crippen LogP contribution is -2.62. The van der Waals surface area contributed by atoms with Gasteiger partial charge in [0.05, 0.1) is 6.04 Å². The maximum Gasteiger partial charge on any atom is 0.268 e. The van der Waals surface area contributed by atoms with Gasteiger partial charge in [-0.25, -0.2) is 15.5 Å². The molecule has 1 rings (SSSR count). The fourth-order valence-electron chi connectivity index (χ4n) is 3.29. The standard InChI is InChI=1S/C25H40N4O4/c1-6-21(26)25(32)28(17-19(4)5)29(23(30)16-15-18(2)3)22(24(31)27-33)14-10-13-20-11-8-7-9-12-20/h7-13,18-19,21-22,33H,6,14-17,26H2,1-5H3,(H,27,31)/t21-,22+/m1/s1. The predicted octanol–water partition coefficient (Wildman–Crippen LogP) is 3.37. The molecular weight excluding hydrogens is 420 g/mol. The number of nitrogens with two attached hydrogens (primary N) is 1. The Morgan fingerprint density at radius 2 is 1.73 bits per heavy atom. The molecule has 0 saturated heterocycles. The van der Waals surface area contributed by atoms with Crippen molar-refractivity contribution in [2.45, 2.75) is 72.4 Å². The second-order valence-electron chi connectivity index (χ2n) is 9.04. The third kappa shape index (κ3) is 9.35. The molecule has 0 aliphatic rings. The first-order chi connectivity index (χ1) is 15.6. The molecule has 0 unspecified atom stereocenters. The van der Waals surface area contributed by atoms with E-state index < -0.39 is 23.9 Å². The molecule has 0 bridgehead atoms. The van der Waals surface area contributed by atoms with E-state index in [2.05, 4.69) is 0 Å². The second-order valence-corrected chi connectivity index (χ2v) is 9.04. The number of nitrogens with one attached hydrogen (secondary N) is 1. The van der Waals surface area contributed by atoms with Gasteiger partial charge in [-0.2, -0.15) is 0 Å². The molecule has 8 nitrogen and oxygen atoms in total. The molecule has 8 heteroatoms. The Labute approximate surface area is 197 Å². The third-order valence-electron chi connectivity index (χ3n) is 5.18. The highest BCUT2D eigenvalue weighted by atomic mass is 16.5. The average molecular weight is 461 g/mol. The summed E-state index contributed by atoms with van der Waals surface area (Å²) in [6, 6.07) is 7.61. The van der Waals surface area contributed by atoms with Crippen LogP contribution >= 0.6 is 0 Å². The summed E-state index contributed by atoms with van der Waals surface area (Å²) >= 11 is 0. The van der Waals surface area contributed by atoms with E-state index in [1.807, 2.05) is 64.1 Å². The summed E-state index contributed by atoms with van der Waals surface area (Å²) < 4.78 is 0. The Kier molecular flexibility index (Phi) is 12.4. The van der Waals surface area contributed by atoms with Crippen molar-refractivity contribution < 1.29 is 19.6 Å². The number of hydrazine groups is 1. The van der Waals surface area contributed by atoms with E-state index in [-0.39, 0.29) is 37.1 Å². The Morgan fingerprint density at radius 3 is 2.24 bits per heavy atom. The van der Waals surface area contributed by atoms with Crippen molar-refractivity contribution >= 4 is 23.8 Å². The monoisotopic (exact) mass is 460 g/mol. The van der Waals surface area contributed by atoms with Gasteiger partial charge in [0.1, 0.15) is 6.04 Å². The van der Waals surface area contributed by atoms with Gasteiger partial charge < -0.3 is 5.73 Å². The largest absolute Gasteiger partial charge is 0.320 e. The minimum atomic E-state index is -1.11. The zero-order valence-corrected chi connectivity index (χ0v) is 20.5. The van der Waals surface area contributed by atoms with Crippen molar-refractivity contribution in [3.8, 4) is 0 Å². The molecule has 3 amide bonds. The highest BCUT2D eigenvalue weighted by Gasteiger charge is 2.37. The molecule has 0 heterocycles. The summed E-state index contributed by atoms with van der Waals surface area (Å²) in [6.07, 6.45) is 4.87. The lowest BCUT2D eigenvalue weighted by Gasteiger charge is -2.41. The fourth-order valence-corrected chi connectivity index (χ4v) is 3.29. The van der Waals surface area contributed by atoms with Gasteiger partial charge in [-0.3, -0.25) is 19.6 Å². The Bertz CT molecular complexity index is 780. The van der Waals surface area contributed by atoms with E-state index in [1.165, 1.54) is 10.0 Å². The summed E-state index contributed by atoms with van der Waals surface area (Å²) in [4.78, 5) is 39.3. The molecular formula is C25H40N4O4.